The van der Waals surface area contributed by atoms with Crippen molar-refractivity contribution in [2.24, 2.45) is 0 Å². The van der Waals surface area contributed by atoms with Gasteiger partial charge in [0.15, 0.2) is 5.82 Å². The second kappa shape index (κ2) is 5.72. The molecular weight excluding hydrogens is 270 g/mol. The number of tetrazole rings is 1. The predicted molar refractivity (Wildman–Crippen MR) is 63.9 cm³/mol. The van der Waals surface area contributed by atoms with E-state index < -0.39 is 23.6 Å². The number of hydrogen-bond donors (Lipinski definition) is 1. The van der Waals surface area contributed by atoms with E-state index in [1.54, 1.807) is 6.92 Å². The van der Waals surface area contributed by atoms with Crippen LogP contribution in [0.4, 0.5) is 8.78 Å². The molecule has 0 bridgehead atoms. The zero-order valence-electron chi connectivity index (χ0n) is 10.6. The van der Waals surface area contributed by atoms with Crippen LogP contribution in [0.2, 0.25) is 0 Å². The van der Waals surface area contributed by atoms with Gasteiger partial charge in [0.25, 0.3) is 0 Å². The number of aliphatic carboxylic acids is 1. The maximum Gasteiger partial charge on any atom is 0.305 e. The molecule has 106 valence electrons. The molecule has 1 aromatic carbocycles. The summed E-state index contributed by atoms with van der Waals surface area (Å²) in [5, 5.41) is 19.6. The van der Waals surface area contributed by atoms with E-state index in [1.807, 2.05) is 0 Å². The highest BCUT2D eigenvalue weighted by molar-refractivity contribution is 5.67. The van der Waals surface area contributed by atoms with Crippen LogP contribution in [-0.2, 0) is 11.2 Å². The number of carboxylic acid groups (broad SMARTS) is 1. The third-order valence-corrected chi connectivity index (χ3v) is 2.85. The van der Waals surface area contributed by atoms with Crippen molar-refractivity contribution >= 4 is 5.97 Å². The summed E-state index contributed by atoms with van der Waals surface area (Å²) in [6.45, 7) is 1.62. The Morgan fingerprint density at radius 3 is 2.65 bits per heavy atom. The number of hydrogen-bond acceptors (Lipinski definition) is 4. The number of benzene rings is 1. The molecule has 2 aromatic rings. The van der Waals surface area contributed by atoms with E-state index >= 15 is 0 Å². The average molecular weight is 282 g/mol. The number of aromatic nitrogens is 4. The monoisotopic (exact) mass is 282 g/mol. The summed E-state index contributed by atoms with van der Waals surface area (Å²) in [7, 11) is 0. The van der Waals surface area contributed by atoms with E-state index in [2.05, 4.69) is 15.5 Å². The lowest BCUT2D eigenvalue weighted by atomic mass is 10.1. The first-order valence-corrected chi connectivity index (χ1v) is 5.90. The topological polar surface area (TPSA) is 80.9 Å². The van der Waals surface area contributed by atoms with Crippen LogP contribution in [0.1, 0.15) is 30.8 Å². The van der Waals surface area contributed by atoms with Gasteiger partial charge in [0.2, 0.25) is 0 Å². The second-order valence-corrected chi connectivity index (χ2v) is 4.36. The Kier molecular flexibility index (Phi) is 4.02. The summed E-state index contributed by atoms with van der Waals surface area (Å²) in [5.74, 6) is -2.17. The minimum atomic E-state index is -1.00. The minimum absolute atomic E-state index is 0.143. The van der Waals surface area contributed by atoms with Gasteiger partial charge >= 0.3 is 5.97 Å². The molecule has 1 heterocycles. The zero-order chi connectivity index (χ0) is 14.7. The van der Waals surface area contributed by atoms with E-state index in [-0.39, 0.29) is 24.2 Å². The lowest BCUT2D eigenvalue weighted by Crippen LogP contribution is -2.15. The largest absolute Gasteiger partial charge is 0.481 e. The quantitative estimate of drug-likeness (QED) is 0.900. The van der Waals surface area contributed by atoms with Crippen molar-refractivity contribution in [2.75, 3.05) is 0 Å². The molecule has 1 unspecified atom stereocenters. The molecule has 8 heteroatoms. The van der Waals surface area contributed by atoms with Gasteiger partial charge in [-0.2, -0.15) is 0 Å². The van der Waals surface area contributed by atoms with Gasteiger partial charge in [-0.15, -0.1) is 5.10 Å². The molecule has 0 radical (unpaired) electrons. The molecule has 0 fully saturated rings. The molecule has 1 N–H and O–H groups in total. The summed E-state index contributed by atoms with van der Waals surface area (Å²) in [6, 6.07) is 3.05. The molecule has 0 saturated carbocycles. The third kappa shape index (κ3) is 2.95. The molecular formula is C12H12F2N4O2. The van der Waals surface area contributed by atoms with Crippen molar-refractivity contribution in [3.8, 4) is 0 Å². The summed E-state index contributed by atoms with van der Waals surface area (Å²) in [5.41, 5.74) is -0.147. The molecule has 20 heavy (non-hydrogen) atoms. The number of carboxylic acids is 1. The smallest absolute Gasteiger partial charge is 0.305 e. The van der Waals surface area contributed by atoms with Crippen LogP contribution in [0.3, 0.4) is 0 Å². The Balaban J connectivity index is 2.27. The fraction of sp³-hybridized carbons (Fsp3) is 0.333. The van der Waals surface area contributed by atoms with Gasteiger partial charge in [0.05, 0.1) is 12.5 Å². The number of rotatable bonds is 5. The Hall–Kier alpha value is -2.38. The van der Waals surface area contributed by atoms with Crippen LogP contribution in [0.15, 0.2) is 18.2 Å². The highest BCUT2D eigenvalue weighted by Crippen LogP contribution is 2.18. The van der Waals surface area contributed by atoms with Crippen molar-refractivity contribution in [1.82, 2.24) is 20.2 Å². The van der Waals surface area contributed by atoms with E-state index in [0.717, 1.165) is 12.1 Å². The van der Waals surface area contributed by atoms with Gasteiger partial charge < -0.3 is 5.11 Å². The third-order valence-electron chi connectivity index (χ3n) is 2.85. The Morgan fingerprint density at radius 1 is 1.40 bits per heavy atom. The highest BCUT2D eigenvalue weighted by atomic mass is 19.1. The minimum Gasteiger partial charge on any atom is -0.481 e. The maximum absolute atomic E-state index is 13.6. The second-order valence-electron chi connectivity index (χ2n) is 4.36. The lowest BCUT2D eigenvalue weighted by molar-refractivity contribution is -0.137. The molecule has 1 atom stereocenters. The van der Waals surface area contributed by atoms with E-state index in [1.165, 1.54) is 10.7 Å². The Morgan fingerprint density at radius 2 is 2.05 bits per heavy atom. The average Bonchev–Trinajstić information content (AvgIpc) is 2.81. The van der Waals surface area contributed by atoms with Crippen LogP contribution in [-0.4, -0.2) is 31.3 Å². The Labute approximate surface area is 113 Å². The molecule has 0 saturated heterocycles. The fourth-order valence-corrected chi connectivity index (χ4v) is 1.87. The summed E-state index contributed by atoms with van der Waals surface area (Å²) in [6.07, 6.45) is -0.326. The highest BCUT2D eigenvalue weighted by Gasteiger charge is 2.18. The van der Waals surface area contributed by atoms with Crippen molar-refractivity contribution in [1.29, 1.82) is 0 Å². The summed E-state index contributed by atoms with van der Waals surface area (Å²) >= 11 is 0. The van der Waals surface area contributed by atoms with E-state index in [0.29, 0.717) is 0 Å². The summed E-state index contributed by atoms with van der Waals surface area (Å²) in [4.78, 5) is 10.7. The van der Waals surface area contributed by atoms with E-state index in [9.17, 15) is 13.6 Å². The standard InChI is InChI=1S/C12H12F2N4O2/c1-7(5-12(19)20)18-11(15-16-17-18)6-8-9(13)3-2-4-10(8)14/h2-4,7H,5-6H2,1H3,(H,19,20). The van der Waals surface area contributed by atoms with Gasteiger partial charge in [-0.25, -0.2) is 13.5 Å². The van der Waals surface area contributed by atoms with Gasteiger partial charge in [-0.05, 0) is 29.5 Å². The van der Waals surface area contributed by atoms with Crippen molar-refractivity contribution in [2.45, 2.75) is 25.8 Å². The molecule has 0 aliphatic heterocycles. The van der Waals surface area contributed by atoms with Crippen molar-refractivity contribution < 1.29 is 18.7 Å². The van der Waals surface area contributed by atoms with Crippen molar-refractivity contribution in [3.63, 3.8) is 0 Å². The molecule has 6 nitrogen and oxygen atoms in total. The molecule has 0 aliphatic carbocycles. The normalized spacial score (nSPS) is 12.3. The fourth-order valence-electron chi connectivity index (χ4n) is 1.87. The first-order valence-electron chi connectivity index (χ1n) is 5.90. The SMILES string of the molecule is CC(CC(=O)O)n1nnnc1Cc1c(F)cccc1F. The molecule has 0 amide bonds. The van der Waals surface area contributed by atoms with E-state index in [4.69, 9.17) is 5.11 Å². The first kappa shape index (κ1) is 14.0. The maximum atomic E-state index is 13.6. The van der Waals surface area contributed by atoms with Gasteiger partial charge in [0, 0.05) is 12.0 Å². The molecule has 1 aromatic heterocycles. The number of nitrogens with zero attached hydrogens (tertiary/aromatic N) is 4. The molecule has 0 spiro atoms. The van der Waals surface area contributed by atoms with Crippen LogP contribution in [0.25, 0.3) is 0 Å². The molecule has 2 rings (SSSR count). The van der Waals surface area contributed by atoms with Crippen LogP contribution < -0.4 is 0 Å². The van der Waals surface area contributed by atoms with Crippen LogP contribution in [0.5, 0.6) is 0 Å². The number of halogens is 2. The van der Waals surface area contributed by atoms with Gasteiger partial charge in [-0.3, -0.25) is 4.79 Å². The van der Waals surface area contributed by atoms with Gasteiger partial charge in [-0.1, -0.05) is 6.07 Å². The summed E-state index contributed by atoms with van der Waals surface area (Å²) < 4.78 is 28.4. The first-order chi connectivity index (χ1) is 9.49. The van der Waals surface area contributed by atoms with Gasteiger partial charge in [0.1, 0.15) is 11.6 Å². The number of carbonyl (C=O) groups is 1. The molecule has 0 aliphatic rings. The van der Waals surface area contributed by atoms with Crippen LogP contribution >= 0.6 is 0 Å². The lowest BCUT2D eigenvalue weighted by Gasteiger charge is -2.11. The van der Waals surface area contributed by atoms with Crippen molar-refractivity contribution in [3.05, 3.63) is 41.2 Å². The van der Waals surface area contributed by atoms with Crippen LogP contribution in [0, 0.1) is 11.6 Å². The zero-order valence-corrected chi connectivity index (χ0v) is 10.6. The Bertz CT molecular complexity index is 609. The predicted octanol–water partition coefficient (Wildman–Crippen LogP) is 1.58.